The van der Waals surface area contributed by atoms with Crippen LogP contribution in [0, 0.1) is 0 Å². The molecule has 2 aromatic carbocycles. The van der Waals surface area contributed by atoms with E-state index < -0.39 is 5.91 Å². The third-order valence-electron chi connectivity index (χ3n) is 3.42. The molecule has 0 aliphatic carbocycles. The van der Waals surface area contributed by atoms with Gasteiger partial charge in [-0.15, -0.1) is 0 Å². The van der Waals surface area contributed by atoms with Crippen molar-refractivity contribution in [1.82, 2.24) is 15.3 Å². The highest BCUT2D eigenvalue weighted by atomic mass is 16.5. The summed E-state index contributed by atoms with van der Waals surface area (Å²) in [5, 5.41) is 14.1. The molecule has 0 saturated carbocycles. The molecule has 22 heavy (non-hydrogen) atoms. The average Bonchev–Trinajstić information content (AvgIpc) is 2.96. The second-order valence-electron chi connectivity index (χ2n) is 4.89. The number of nitrogens with zero attached hydrogens (tertiary/aromatic N) is 2. The summed E-state index contributed by atoms with van der Waals surface area (Å²) in [6.45, 7) is 0.625. The second kappa shape index (κ2) is 5.87. The summed E-state index contributed by atoms with van der Waals surface area (Å²) in [6.07, 6.45) is 1.92. The van der Waals surface area contributed by atoms with Crippen molar-refractivity contribution in [1.29, 1.82) is 0 Å². The molecule has 0 spiro atoms. The van der Waals surface area contributed by atoms with Gasteiger partial charge in [0.1, 0.15) is 5.75 Å². The van der Waals surface area contributed by atoms with Crippen LogP contribution in [0.2, 0.25) is 0 Å². The Hall–Kier alpha value is -2.86. The van der Waals surface area contributed by atoms with E-state index in [0.717, 1.165) is 16.7 Å². The molecule has 0 fully saturated rings. The summed E-state index contributed by atoms with van der Waals surface area (Å²) in [5.74, 6) is 0.264. The highest BCUT2D eigenvalue weighted by Crippen LogP contribution is 2.17. The molecular formula is C16H15N3O3. The van der Waals surface area contributed by atoms with E-state index in [1.54, 1.807) is 30.8 Å². The maximum atomic E-state index is 11.4. The Morgan fingerprint density at radius 3 is 2.73 bits per heavy atom. The molecule has 0 bridgehead atoms. The number of fused-ring (bicyclic) bond motifs is 1. The minimum Gasteiger partial charge on any atom is -0.497 e. The molecule has 0 aliphatic rings. The van der Waals surface area contributed by atoms with E-state index in [0.29, 0.717) is 17.6 Å². The van der Waals surface area contributed by atoms with Crippen molar-refractivity contribution >= 4 is 16.8 Å². The number of hydrogen-bond acceptors (Lipinski definition) is 4. The first-order chi connectivity index (χ1) is 10.7. The van der Waals surface area contributed by atoms with Gasteiger partial charge in [-0.05, 0) is 29.8 Å². The van der Waals surface area contributed by atoms with Gasteiger partial charge < -0.3 is 4.74 Å². The number of ether oxygens (including phenoxy) is 1. The predicted molar refractivity (Wildman–Crippen MR) is 81.1 cm³/mol. The number of rotatable bonds is 4. The molecule has 1 amide bonds. The van der Waals surface area contributed by atoms with Crippen LogP contribution in [0.5, 0.6) is 5.75 Å². The summed E-state index contributed by atoms with van der Waals surface area (Å²) >= 11 is 0. The summed E-state index contributed by atoms with van der Waals surface area (Å²) in [4.78, 5) is 11.4. The molecular weight excluding hydrogens is 282 g/mol. The highest BCUT2D eigenvalue weighted by molar-refractivity contribution is 5.97. The largest absolute Gasteiger partial charge is 0.497 e. The van der Waals surface area contributed by atoms with Crippen LogP contribution in [0.4, 0.5) is 0 Å². The molecule has 3 aromatic rings. The number of methoxy groups -OCH3 is 1. The van der Waals surface area contributed by atoms with Crippen LogP contribution in [0.3, 0.4) is 0 Å². The Morgan fingerprint density at radius 2 is 2.05 bits per heavy atom. The summed E-state index contributed by atoms with van der Waals surface area (Å²) in [5.41, 5.74) is 3.79. The Kier molecular flexibility index (Phi) is 3.76. The Balaban J connectivity index is 1.86. The van der Waals surface area contributed by atoms with Gasteiger partial charge in [-0.1, -0.05) is 18.2 Å². The third kappa shape index (κ3) is 2.77. The first-order valence-electron chi connectivity index (χ1n) is 6.74. The lowest BCUT2D eigenvalue weighted by Crippen LogP contribution is -2.18. The number of nitrogens with one attached hydrogen (secondary N) is 1. The monoisotopic (exact) mass is 297 g/mol. The maximum Gasteiger partial charge on any atom is 0.274 e. The molecule has 1 aromatic heterocycles. The maximum absolute atomic E-state index is 11.4. The van der Waals surface area contributed by atoms with E-state index in [1.165, 1.54) is 0 Å². The fourth-order valence-electron chi connectivity index (χ4n) is 2.27. The van der Waals surface area contributed by atoms with Gasteiger partial charge in [0.05, 0.1) is 19.2 Å². The smallest absolute Gasteiger partial charge is 0.274 e. The minimum absolute atomic E-state index is 0.365. The van der Waals surface area contributed by atoms with E-state index in [-0.39, 0.29) is 0 Å². The Morgan fingerprint density at radius 1 is 1.27 bits per heavy atom. The molecule has 0 radical (unpaired) electrons. The molecule has 0 atom stereocenters. The number of aromatic nitrogens is 2. The molecule has 3 rings (SSSR count). The van der Waals surface area contributed by atoms with Crippen LogP contribution in [0.25, 0.3) is 10.9 Å². The first-order valence-corrected chi connectivity index (χ1v) is 6.74. The van der Waals surface area contributed by atoms with Gasteiger partial charge in [0.25, 0.3) is 5.91 Å². The molecule has 0 aliphatic heterocycles. The Labute approximate surface area is 126 Å². The van der Waals surface area contributed by atoms with Crippen molar-refractivity contribution in [3.05, 3.63) is 59.8 Å². The van der Waals surface area contributed by atoms with Crippen molar-refractivity contribution < 1.29 is 14.7 Å². The van der Waals surface area contributed by atoms with Crippen molar-refractivity contribution in [2.24, 2.45) is 0 Å². The van der Waals surface area contributed by atoms with Crippen LogP contribution < -0.4 is 10.2 Å². The van der Waals surface area contributed by atoms with Crippen LogP contribution in [-0.4, -0.2) is 28.0 Å². The molecule has 6 heteroatoms. The summed E-state index contributed by atoms with van der Waals surface area (Å²) in [7, 11) is 1.63. The van der Waals surface area contributed by atoms with Crippen molar-refractivity contribution in [2.45, 2.75) is 6.54 Å². The zero-order valence-electron chi connectivity index (χ0n) is 12.0. The van der Waals surface area contributed by atoms with Crippen molar-refractivity contribution in [2.75, 3.05) is 7.11 Å². The van der Waals surface area contributed by atoms with Gasteiger partial charge in [0, 0.05) is 17.1 Å². The lowest BCUT2D eigenvalue weighted by molar-refractivity contribution is 0.0706. The first kappa shape index (κ1) is 14.1. The summed E-state index contributed by atoms with van der Waals surface area (Å²) < 4.78 is 6.95. The molecule has 6 nitrogen and oxygen atoms in total. The van der Waals surface area contributed by atoms with Crippen LogP contribution >= 0.6 is 0 Å². The molecule has 0 unspecified atom stereocenters. The zero-order chi connectivity index (χ0) is 15.5. The molecule has 2 N–H and O–H groups in total. The van der Waals surface area contributed by atoms with Gasteiger partial charge >= 0.3 is 0 Å². The average molecular weight is 297 g/mol. The number of amides is 1. The second-order valence-corrected chi connectivity index (χ2v) is 4.89. The SMILES string of the molecule is COc1ccc(Cn2cc3ccc(C(=O)NO)cc3n2)cc1. The van der Waals surface area contributed by atoms with E-state index >= 15 is 0 Å². The number of carbonyl (C=O) groups is 1. The van der Waals surface area contributed by atoms with Crippen LogP contribution in [0.1, 0.15) is 15.9 Å². The summed E-state index contributed by atoms with van der Waals surface area (Å²) in [6, 6.07) is 12.9. The lowest BCUT2D eigenvalue weighted by atomic mass is 10.1. The molecule has 0 saturated heterocycles. The standard InChI is InChI=1S/C16H15N3O3/c1-22-14-6-2-11(3-7-14)9-19-10-13-5-4-12(16(20)18-21)8-15(13)17-19/h2-8,10,21H,9H2,1H3,(H,18,20). The van der Waals surface area contributed by atoms with E-state index in [2.05, 4.69) is 5.10 Å². The minimum atomic E-state index is -0.549. The fourth-order valence-corrected chi connectivity index (χ4v) is 2.27. The highest BCUT2D eigenvalue weighted by Gasteiger charge is 2.07. The van der Waals surface area contributed by atoms with Gasteiger partial charge in [0.2, 0.25) is 0 Å². The number of hydrogen-bond donors (Lipinski definition) is 2. The third-order valence-corrected chi connectivity index (χ3v) is 3.42. The lowest BCUT2D eigenvalue weighted by Gasteiger charge is -2.03. The topological polar surface area (TPSA) is 76.4 Å². The van der Waals surface area contributed by atoms with E-state index in [9.17, 15) is 4.79 Å². The Bertz CT molecular complexity index is 809. The van der Waals surface area contributed by atoms with Gasteiger partial charge in [-0.25, -0.2) is 5.48 Å². The van der Waals surface area contributed by atoms with Crippen LogP contribution in [0.15, 0.2) is 48.7 Å². The normalized spacial score (nSPS) is 10.6. The van der Waals surface area contributed by atoms with Gasteiger partial charge in [-0.3, -0.25) is 14.7 Å². The predicted octanol–water partition coefficient (Wildman–Crippen LogP) is 2.21. The number of hydroxylamine groups is 1. The molecule has 112 valence electrons. The number of carbonyl (C=O) groups excluding carboxylic acids is 1. The van der Waals surface area contributed by atoms with Crippen molar-refractivity contribution in [3.8, 4) is 5.75 Å². The molecule has 1 heterocycles. The fraction of sp³-hybridized carbons (Fsp3) is 0.125. The quantitative estimate of drug-likeness (QED) is 0.572. The van der Waals surface area contributed by atoms with E-state index in [4.69, 9.17) is 9.94 Å². The zero-order valence-corrected chi connectivity index (χ0v) is 12.0. The van der Waals surface area contributed by atoms with E-state index in [1.807, 2.05) is 35.1 Å². The van der Waals surface area contributed by atoms with Crippen molar-refractivity contribution in [3.63, 3.8) is 0 Å². The van der Waals surface area contributed by atoms with Gasteiger partial charge in [0.15, 0.2) is 0 Å². The van der Waals surface area contributed by atoms with Gasteiger partial charge in [-0.2, -0.15) is 5.10 Å². The van der Waals surface area contributed by atoms with Crippen LogP contribution in [-0.2, 0) is 6.54 Å². The number of benzene rings is 2.